The molecule has 50 valence electrons. The summed E-state index contributed by atoms with van der Waals surface area (Å²) in [4.78, 5) is 4.02. The van der Waals surface area contributed by atoms with E-state index in [1.807, 2.05) is 6.92 Å². The van der Waals surface area contributed by atoms with Gasteiger partial charge in [0.1, 0.15) is 11.4 Å². The molecule has 4 nitrogen and oxygen atoms in total. The van der Waals surface area contributed by atoms with Gasteiger partial charge in [-0.15, -0.1) is 5.10 Å². The van der Waals surface area contributed by atoms with E-state index in [9.17, 15) is 0 Å². The lowest BCUT2D eigenvalue weighted by Gasteiger charge is -1.93. The summed E-state index contributed by atoms with van der Waals surface area (Å²) in [5.41, 5.74) is 1.57. The Morgan fingerprint density at radius 1 is 1.50 bits per heavy atom. The zero-order valence-corrected chi connectivity index (χ0v) is 5.40. The van der Waals surface area contributed by atoms with E-state index in [2.05, 4.69) is 15.4 Å². The Labute approximate surface area is 57.2 Å². The first kappa shape index (κ1) is 5.34. The molecule has 0 aliphatic carbocycles. The summed E-state index contributed by atoms with van der Waals surface area (Å²) in [6.45, 7) is 1.81. The molecule has 2 aliphatic rings. The van der Waals surface area contributed by atoms with Gasteiger partial charge in [-0.2, -0.15) is 0 Å². The van der Waals surface area contributed by atoms with Crippen LogP contribution < -0.4 is 0 Å². The van der Waals surface area contributed by atoms with Gasteiger partial charge in [-0.25, -0.2) is 0 Å². The molecule has 0 fully saturated rings. The van der Waals surface area contributed by atoms with Gasteiger partial charge in [-0.05, 0) is 13.0 Å². The van der Waals surface area contributed by atoms with Gasteiger partial charge in [0.25, 0.3) is 0 Å². The lowest BCUT2D eigenvalue weighted by atomic mass is 10.3. The Hall–Kier alpha value is -1.45. The minimum Gasteiger partial charge on any atom is -0.342 e. The standard InChI is InChI=1S/C6H5N3O/c1-4-6-5(2-3-7-6)8-9-10-4/h2-3H,1H3. The normalized spacial score (nSPS) is 10.5. The van der Waals surface area contributed by atoms with Crippen molar-refractivity contribution in [3.05, 3.63) is 18.0 Å². The molecule has 0 N–H and O–H groups in total. The van der Waals surface area contributed by atoms with Gasteiger partial charge >= 0.3 is 0 Å². The molecule has 0 atom stereocenters. The van der Waals surface area contributed by atoms with Crippen molar-refractivity contribution in [3.8, 4) is 11.4 Å². The first-order valence-electron chi connectivity index (χ1n) is 2.91. The first-order chi connectivity index (χ1) is 4.88. The van der Waals surface area contributed by atoms with Gasteiger partial charge in [0, 0.05) is 11.5 Å². The molecule has 2 heterocycles. The third-order valence-corrected chi connectivity index (χ3v) is 1.34. The highest BCUT2D eigenvalue weighted by molar-refractivity contribution is 5.56. The maximum atomic E-state index is 4.78. The van der Waals surface area contributed by atoms with Crippen LogP contribution in [0.3, 0.4) is 0 Å². The van der Waals surface area contributed by atoms with Gasteiger partial charge in [-0.3, -0.25) is 4.98 Å². The molecule has 2 aliphatic heterocycles. The summed E-state index contributed by atoms with van der Waals surface area (Å²) < 4.78 is 4.78. The number of fused-ring (bicyclic) bond motifs is 1. The smallest absolute Gasteiger partial charge is 0.161 e. The van der Waals surface area contributed by atoms with Crippen LogP contribution in [0.15, 0.2) is 16.8 Å². The maximum absolute atomic E-state index is 4.78. The average molecular weight is 135 g/mol. The van der Waals surface area contributed by atoms with E-state index in [0.717, 1.165) is 11.4 Å². The Morgan fingerprint density at radius 2 is 2.40 bits per heavy atom. The molecule has 0 aromatic rings. The van der Waals surface area contributed by atoms with Crippen molar-refractivity contribution in [1.29, 1.82) is 0 Å². The van der Waals surface area contributed by atoms with Crippen molar-refractivity contribution in [2.45, 2.75) is 6.92 Å². The van der Waals surface area contributed by atoms with Gasteiger partial charge in [0.05, 0.1) is 0 Å². The Bertz CT molecular complexity index is 317. The molecule has 10 heavy (non-hydrogen) atoms. The number of rotatable bonds is 0. The molecule has 0 aromatic heterocycles. The second kappa shape index (κ2) is 1.76. The molecule has 0 saturated carbocycles. The second-order valence-corrected chi connectivity index (χ2v) is 2.01. The van der Waals surface area contributed by atoms with Crippen LogP contribution in [0.2, 0.25) is 0 Å². The van der Waals surface area contributed by atoms with E-state index in [0.29, 0.717) is 5.76 Å². The van der Waals surface area contributed by atoms with Crippen molar-refractivity contribution in [3.63, 3.8) is 0 Å². The molecular weight excluding hydrogens is 130 g/mol. The lowest BCUT2D eigenvalue weighted by molar-refractivity contribution is 0.340. The molecule has 2 rings (SSSR count). The minimum absolute atomic E-state index is 0.704. The molecule has 0 spiro atoms. The number of aromatic nitrogens is 3. The van der Waals surface area contributed by atoms with E-state index >= 15 is 0 Å². The highest BCUT2D eigenvalue weighted by Crippen LogP contribution is 2.18. The molecule has 4 heteroatoms. The molecule has 0 saturated heterocycles. The fourth-order valence-corrected chi connectivity index (χ4v) is 0.848. The van der Waals surface area contributed by atoms with Crippen molar-refractivity contribution >= 4 is 0 Å². The van der Waals surface area contributed by atoms with Crippen LogP contribution in [-0.2, 0) is 0 Å². The molecular formula is C6H5N3O. The minimum atomic E-state index is 0.704. The van der Waals surface area contributed by atoms with Crippen LogP contribution in [0.25, 0.3) is 11.4 Å². The van der Waals surface area contributed by atoms with Crippen LogP contribution in [0, 0.1) is 6.92 Å². The van der Waals surface area contributed by atoms with Crippen LogP contribution in [-0.4, -0.2) is 15.4 Å². The van der Waals surface area contributed by atoms with Crippen LogP contribution in [0.4, 0.5) is 0 Å². The van der Waals surface area contributed by atoms with Crippen LogP contribution in [0.5, 0.6) is 0 Å². The van der Waals surface area contributed by atoms with E-state index in [-0.39, 0.29) is 0 Å². The lowest BCUT2D eigenvalue weighted by Crippen LogP contribution is -1.89. The largest absolute Gasteiger partial charge is 0.342 e. The summed E-state index contributed by atoms with van der Waals surface area (Å²) >= 11 is 0. The highest BCUT2D eigenvalue weighted by Gasteiger charge is 2.09. The van der Waals surface area contributed by atoms with Gasteiger partial charge in [0.15, 0.2) is 5.76 Å². The van der Waals surface area contributed by atoms with E-state index in [1.54, 1.807) is 12.3 Å². The number of hydrogen-bond acceptors (Lipinski definition) is 4. The third-order valence-electron chi connectivity index (χ3n) is 1.34. The van der Waals surface area contributed by atoms with Crippen molar-refractivity contribution in [1.82, 2.24) is 15.4 Å². The predicted octanol–water partition coefficient (Wildman–Crippen LogP) is 0.878. The highest BCUT2D eigenvalue weighted by atomic mass is 16.5. The summed E-state index contributed by atoms with van der Waals surface area (Å²) in [6.07, 6.45) is 1.68. The van der Waals surface area contributed by atoms with E-state index in [4.69, 9.17) is 4.52 Å². The van der Waals surface area contributed by atoms with Crippen molar-refractivity contribution in [2.75, 3.05) is 0 Å². The maximum Gasteiger partial charge on any atom is 0.161 e. The van der Waals surface area contributed by atoms with Crippen molar-refractivity contribution in [2.24, 2.45) is 0 Å². The topological polar surface area (TPSA) is 51.8 Å². The average Bonchev–Trinajstić information content (AvgIpc) is 2.36. The zero-order chi connectivity index (χ0) is 6.97. The summed E-state index contributed by atoms with van der Waals surface area (Å²) in [5, 5.41) is 7.14. The summed E-state index contributed by atoms with van der Waals surface area (Å²) in [7, 11) is 0. The fraction of sp³-hybridized carbons (Fsp3) is 0.167. The Balaban J connectivity index is 2.80. The van der Waals surface area contributed by atoms with Gasteiger partial charge in [0.2, 0.25) is 0 Å². The molecule has 0 radical (unpaired) electrons. The quantitative estimate of drug-likeness (QED) is 0.538. The molecule has 0 aromatic carbocycles. The van der Waals surface area contributed by atoms with Gasteiger partial charge < -0.3 is 4.52 Å². The third kappa shape index (κ3) is 0.586. The Kier molecular flexibility index (Phi) is 0.943. The number of hydrogen-bond donors (Lipinski definition) is 0. The summed E-state index contributed by atoms with van der Waals surface area (Å²) in [5.74, 6) is 0.704. The van der Waals surface area contributed by atoms with Crippen LogP contribution >= 0.6 is 0 Å². The first-order valence-corrected chi connectivity index (χ1v) is 2.91. The molecule has 0 amide bonds. The summed E-state index contributed by atoms with van der Waals surface area (Å²) in [6, 6.07) is 1.80. The Morgan fingerprint density at radius 3 is 3.20 bits per heavy atom. The van der Waals surface area contributed by atoms with Crippen molar-refractivity contribution < 1.29 is 4.52 Å². The number of nitrogens with zero attached hydrogens (tertiary/aromatic N) is 3. The van der Waals surface area contributed by atoms with E-state index < -0.39 is 0 Å². The molecule has 0 unspecified atom stereocenters. The SMILES string of the molecule is Cc1onnc2ccnc1-2. The van der Waals surface area contributed by atoms with Crippen LogP contribution in [0.1, 0.15) is 5.76 Å². The van der Waals surface area contributed by atoms with E-state index in [1.165, 1.54) is 0 Å². The predicted molar refractivity (Wildman–Crippen MR) is 33.5 cm³/mol. The fourth-order valence-electron chi connectivity index (χ4n) is 0.848. The molecule has 0 bridgehead atoms. The number of aryl methyl sites for hydroxylation is 1. The second-order valence-electron chi connectivity index (χ2n) is 2.01. The van der Waals surface area contributed by atoms with Gasteiger partial charge in [-0.1, -0.05) is 0 Å². The zero-order valence-electron chi connectivity index (χ0n) is 5.40. The monoisotopic (exact) mass is 135 g/mol.